The van der Waals surface area contributed by atoms with Crippen molar-refractivity contribution in [3.63, 3.8) is 0 Å². The fraction of sp³-hybridized carbons (Fsp3) is 0.556. The molecule has 1 saturated heterocycles. The molecular formula is C18H22N2O. The topological polar surface area (TPSA) is 44.1 Å². The highest BCUT2D eigenvalue weighted by molar-refractivity contribution is 5.81. The third-order valence-corrected chi connectivity index (χ3v) is 4.97. The second kappa shape index (κ2) is 6.30. The van der Waals surface area contributed by atoms with Crippen LogP contribution in [0.15, 0.2) is 24.3 Å². The number of likely N-dealkylation sites (tertiary alicyclic amines) is 1. The Bertz CT molecular complexity index is 555. The van der Waals surface area contributed by atoms with Crippen molar-refractivity contribution in [1.82, 2.24) is 4.90 Å². The molecule has 1 unspecified atom stereocenters. The minimum atomic E-state index is 0.0708. The molecule has 0 spiro atoms. The highest BCUT2D eigenvalue weighted by Gasteiger charge is 2.36. The zero-order chi connectivity index (χ0) is 14.7. The fourth-order valence-corrected chi connectivity index (χ4v) is 3.78. The van der Waals surface area contributed by atoms with Crippen molar-refractivity contribution >= 4 is 5.91 Å². The minimum absolute atomic E-state index is 0.0708. The van der Waals surface area contributed by atoms with Gasteiger partial charge in [-0.25, -0.2) is 0 Å². The smallest absolute Gasteiger partial charge is 0.226 e. The first-order valence-corrected chi connectivity index (χ1v) is 8.08. The number of nitrogens with zero attached hydrogens (tertiary/aromatic N) is 2. The van der Waals surface area contributed by atoms with Gasteiger partial charge in [-0.15, -0.1) is 0 Å². The van der Waals surface area contributed by atoms with Crippen molar-refractivity contribution in [3.8, 4) is 6.07 Å². The summed E-state index contributed by atoms with van der Waals surface area (Å²) in [6.45, 7) is 0.906. The number of amides is 1. The monoisotopic (exact) mass is 282 g/mol. The summed E-state index contributed by atoms with van der Waals surface area (Å²) in [6.07, 6.45) is 7.84. The number of carbonyl (C=O) groups excluding carboxylic acids is 1. The van der Waals surface area contributed by atoms with Gasteiger partial charge < -0.3 is 4.90 Å². The van der Waals surface area contributed by atoms with E-state index in [9.17, 15) is 4.79 Å². The molecule has 3 nitrogen and oxygen atoms in total. The van der Waals surface area contributed by atoms with E-state index in [1.165, 1.54) is 32.1 Å². The van der Waals surface area contributed by atoms with Gasteiger partial charge in [0.25, 0.3) is 0 Å². The first kappa shape index (κ1) is 14.1. The van der Waals surface area contributed by atoms with E-state index < -0.39 is 0 Å². The van der Waals surface area contributed by atoms with Crippen LogP contribution in [0.4, 0.5) is 0 Å². The molecule has 1 aliphatic heterocycles. The van der Waals surface area contributed by atoms with Gasteiger partial charge in [-0.3, -0.25) is 4.79 Å². The van der Waals surface area contributed by atoms with Gasteiger partial charge in [-0.1, -0.05) is 37.5 Å². The molecule has 0 radical (unpaired) electrons. The van der Waals surface area contributed by atoms with E-state index in [-0.39, 0.29) is 5.92 Å². The van der Waals surface area contributed by atoms with E-state index in [1.807, 2.05) is 24.3 Å². The summed E-state index contributed by atoms with van der Waals surface area (Å²) in [7, 11) is 0. The molecule has 1 aromatic carbocycles. The number of nitriles is 1. The molecule has 1 heterocycles. The Morgan fingerprint density at radius 2 is 1.90 bits per heavy atom. The first-order chi connectivity index (χ1) is 10.3. The predicted octanol–water partition coefficient (Wildman–Crippen LogP) is 3.28. The van der Waals surface area contributed by atoms with Crippen molar-refractivity contribution in [2.45, 2.75) is 51.0 Å². The summed E-state index contributed by atoms with van der Waals surface area (Å²) in [5.74, 6) is 0.385. The Morgan fingerprint density at radius 1 is 1.14 bits per heavy atom. The van der Waals surface area contributed by atoms with E-state index in [1.54, 1.807) is 0 Å². The summed E-state index contributed by atoms with van der Waals surface area (Å²) in [6, 6.07) is 10.4. The van der Waals surface area contributed by atoms with Crippen molar-refractivity contribution in [3.05, 3.63) is 35.4 Å². The molecule has 2 fully saturated rings. The van der Waals surface area contributed by atoms with Crippen LogP contribution in [0.25, 0.3) is 0 Å². The lowest BCUT2D eigenvalue weighted by Gasteiger charge is -2.31. The van der Waals surface area contributed by atoms with E-state index in [4.69, 9.17) is 5.26 Å². The van der Waals surface area contributed by atoms with E-state index in [0.717, 1.165) is 18.5 Å². The summed E-state index contributed by atoms with van der Waals surface area (Å²) in [5, 5.41) is 9.17. The summed E-state index contributed by atoms with van der Waals surface area (Å²) < 4.78 is 0. The zero-order valence-electron chi connectivity index (χ0n) is 12.4. The zero-order valence-corrected chi connectivity index (χ0v) is 12.4. The number of carbonyl (C=O) groups is 1. The molecule has 1 saturated carbocycles. The number of rotatable bonds is 3. The Hall–Kier alpha value is -1.82. The standard InChI is InChI=1S/C18H22N2O/c19-13-16-7-5-4-6-14(16)12-15-10-11-20(18(15)21)17-8-2-1-3-9-17/h4-7,15,17H,1-3,8-12H2. The van der Waals surface area contributed by atoms with Crippen LogP contribution in [0.1, 0.15) is 49.7 Å². The van der Waals surface area contributed by atoms with Crippen LogP contribution in [0.2, 0.25) is 0 Å². The van der Waals surface area contributed by atoms with Gasteiger partial charge in [-0.05, 0) is 37.3 Å². The van der Waals surface area contributed by atoms with Gasteiger partial charge in [0.15, 0.2) is 0 Å². The Morgan fingerprint density at radius 3 is 2.67 bits per heavy atom. The lowest BCUT2D eigenvalue weighted by atomic mass is 9.93. The largest absolute Gasteiger partial charge is 0.339 e. The van der Waals surface area contributed by atoms with Gasteiger partial charge in [-0.2, -0.15) is 5.26 Å². The van der Waals surface area contributed by atoms with Crippen molar-refractivity contribution < 1.29 is 4.79 Å². The summed E-state index contributed by atoms with van der Waals surface area (Å²) >= 11 is 0. The Kier molecular flexibility index (Phi) is 4.24. The molecule has 1 atom stereocenters. The van der Waals surface area contributed by atoms with Crippen LogP contribution in [-0.4, -0.2) is 23.4 Å². The number of hydrogen-bond donors (Lipinski definition) is 0. The molecule has 3 heteroatoms. The van der Waals surface area contributed by atoms with Gasteiger partial charge in [0.2, 0.25) is 5.91 Å². The maximum Gasteiger partial charge on any atom is 0.226 e. The normalized spacial score (nSPS) is 23.3. The molecule has 0 N–H and O–H groups in total. The van der Waals surface area contributed by atoms with Gasteiger partial charge in [0, 0.05) is 18.5 Å². The van der Waals surface area contributed by atoms with E-state index in [0.29, 0.717) is 23.9 Å². The van der Waals surface area contributed by atoms with Gasteiger partial charge in [0.1, 0.15) is 0 Å². The maximum atomic E-state index is 12.7. The molecule has 110 valence electrons. The molecule has 0 aromatic heterocycles. The molecular weight excluding hydrogens is 260 g/mol. The average Bonchev–Trinajstić information content (AvgIpc) is 2.90. The number of hydrogen-bond acceptors (Lipinski definition) is 2. The molecule has 0 bridgehead atoms. The minimum Gasteiger partial charge on any atom is -0.339 e. The summed E-state index contributed by atoms with van der Waals surface area (Å²) in [4.78, 5) is 14.8. The quantitative estimate of drug-likeness (QED) is 0.854. The third kappa shape index (κ3) is 2.95. The van der Waals surface area contributed by atoms with Crippen molar-refractivity contribution in [2.75, 3.05) is 6.54 Å². The summed E-state index contributed by atoms with van der Waals surface area (Å²) in [5.41, 5.74) is 1.73. The lowest BCUT2D eigenvalue weighted by Crippen LogP contribution is -2.39. The second-order valence-corrected chi connectivity index (χ2v) is 6.28. The number of benzene rings is 1. The molecule has 1 amide bonds. The highest BCUT2D eigenvalue weighted by Crippen LogP contribution is 2.30. The third-order valence-electron chi connectivity index (χ3n) is 4.97. The molecule has 3 rings (SSSR count). The van der Waals surface area contributed by atoms with Crippen molar-refractivity contribution in [2.24, 2.45) is 5.92 Å². The van der Waals surface area contributed by atoms with Crippen LogP contribution in [-0.2, 0) is 11.2 Å². The van der Waals surface area contributed by atoms with E-state index in [2.05, 4.69) is 11.0 Å². The highest BCUT2D eigenvalue weighted by atomic mass is 16.2. The first-order valence-electron chi connectivity index (χ1n) is 8.08. The molecule has 2 aliphatic rings. The van der Waals surface area contributed by atoms with Crippen LogP contribution in [0.3, 0.4) is 0 Å². The Balaban J connectivity index is 1.68. The molecule has 1 aliphatic carbocycles. The van der Waals surface area contributed by atoms with Crippen LogP contribution in [0.5, 0.6) is 0 Å². The SMILES string of the molecule is N#Cc1ccccc1CC1CCN(C2CCCCC2)C1=O. The molecule has 21 heavy (non-hydrogen) atoms. The van der Waals surface area contributed by atoms with Crippen molar-refractivity contribution in [1.29, 1.82) is 5.26 Å². The van der Waals surface area contributed by atoms with Crippen LogP contribution in [0, 0.1) is 17.2 Å². The Labute approximate surface area is 126 Å². The second-order valence-electron chi connectivity index (χ2n) is 6.28. The van der Waals surface area contributed by atoms with Gasteiger partial charge >= 0.3 is 0 Å². The lowest BCUT2D eigenvalue weighted by molar-refractivity contribution is -0.133. The maximum absolute atomic E-state index is 12.7. The fourth-order valence-electron chi connectivity index (χ4n) is 3.78. The molecule has 1 aromatic rings. The van der Waals surface area contributed by atoms with Crippen LogP contribution >= 0.6 is 0 Å². The van der Waals surface area contributed by atoms with Gasteiger partial charge in [0.05, 0.1) is 11.6 Å². The van der Waals surface area contributed by atoms with Crippen LogP contribution < -0.4 is 0 Å². The van der Waals surface area contributed by atoms with E-state index >= 15 is 0 Å². The predicted molar refractivity (Wildman–Crippen MR) is 81.6 cm³/mol. The average molecular weight is 282 g/mol.